The second-order valence-corrected chi connectivity index (χ2v) is 3.64. The van der Waals surface area contributed by atoms with Crippen LogP contribution in [0, 0.1) is 0 Å². The lowest BCUT2D eigenvalue weighted by Gasteiger charge is -2.02. The first kappa shape index (κ1) is 8.53. The molecule has 0 amide bonds. The summed E-state index contributed by atoms with van der Waals surface area (Å²) in [5.74, 6) is 0.819. The number of aliphatic hydroxyl groups excluding tert-OH is 1. The van der Waals surface area contributed by atoms with E-state index in [9.17, 15) is 0 Å². The first-order valence-corrected chi connectivity index (χ1v) is 4.99. The minimum absolute atomic E-state index is 0.0572. The summed E-state index contributed by atoms with van der Waals surface area (Å²) in [5.41, 5.74) is 0. The van der Waals surface area contributed by atoms with Gasteiger partial charge < -0.3 is 9.84 Å². The third kappa shape index (κ3) is 1.82. The van der Waals surface area contributed by atoms with E-state index in [1.165, 1.54) is 10.1 Å². The highest BCUT2D eigenvalue weighted by Crippen LogP contribution is 2.24. The van der Waals surface area contributed by atoms with Crippen LogP contribution in [0.25, 0.3) is 10.1 Å². The molecule has 2 aromatic rings. The third-order valence-corrected chi connectivity index (χ3v) is 2.68. The maximum absolute atomic E-state index is 8.58. The van der Waals surface area contributed by atoms with Crippen molar-refractivity contribution in [1.29, 1.82) is 0 Å². The highest BCUT2D eigenvalue weighted by atomic mass is 32.1. The fourth-order valence-corrected chi connectivity index (χ4v) is 1.97. The lowest BCUT2D eigenvalue weighted by Crippen LogP contribution is -2.00. The largest absolute Gasteiger partial charge is 0.491 e. The second-order valence-electron chi connectivity index (χ2n) is 2.69. The van der Waals surface area contributed by atoms with Crippen molar-refractivity contribution in [3.8, 4) is 5.75 Å². The molecule has 1 N–H and O–H groups in total. The molecule has 0 fully saturated rings. The van der Waals surface area contributed by atoms with Gasteiger partial charge in [0.25, 0.3) is 0 Å². The molecular formula is C10H10O2S. The Morgan fingerprint density at radius 3 is 3.08 bits per heavy atom. The first-order chi connectivity index (χ1) is 6.40. The summed E-state index contributed by atoms with van der Waals surface area (Å²) in [5, 5.41) is 11.8. The summed E-state index contributed by atoms with van der Waals surface area (Å²) < 4.78 is 6.55. The van der Waals surface area contributed by atoms with E-state index in [1.54, 1.807) is 11.3 Å². The van der Waals surface area contributed by atoms with Crippen molar-refractivity contribution < 1.29 is 9.84 Å². The molecule has 3 heteroatoms. The number of aliphatic hydroxyl groups is 1. The van der Waals surface area contributed by atoms with Gasteiger partial charge in [-0.15, -0.1) is 11.3 Å². The van der Waals surface area contributed by atoms with Crippen LogP contribution in [0.1, 0.15) is 0 Å². The van der Waals surface area contributed by atoms with Gasteiger partial charge in [-0.25, -0.2) is 0 Å². The summed E-state index contributed by atoms with van der Waals surface area (Å²) in [6.07, 6.45) is 0. The normalized spacial score (nSPS) is 10.5. The van der Waals surface area contributed by atoms with Crippen molar-refractivity contribution in [2.24, 2.45) is 0 Å². The molecule has 0 spiro atoms. The summed E-state index contributed by atoms with van der Waals surface area (Å²) >= 11 is 1.71. The summed E-state index contributed by atoms with van der Waals surface area (Å²) in [6, 6.07) is 8.01. The lowest BCUT2D eigenvalue weighted by molar-refractivity contribution is 0.201. The number of fused-ring (bicyclic) bond motifs is 1. The number of hydrogen-bond acceptors (Lipinski definition) is 3. The van der Waals surface area contributed by atoms with Crippen LogP contribution < -0.4 is 4.74 Å². The van der Waals surface area contributed by atoms with E-state index in [-0.39, 0.29) is 6.61 Å². The summed E-state index contributed by atoms with van der Waals surface area (Å²) in [6.45, 7) is 0.414. The van der Waals surface area contributed by atoms with Gasteiger partial charge in [0.2, 0.25) is 0 Å². The van der Waals surface area contributed by atoms with Crippen LogP contribution in [0.4, 0.5) is 0 Å². The van der Waals surface area contributed by atoms with Gasteiger partial charge in [-0.1, -0.05) is 0 Å². The molecule has 0 aliphatic carbocycles. The quantitative estimate of drug-likeness (QED) is 0.812. The van der Waals surface area contributed by atoms with Gasteiger partial charge in [0.15, 0.2) is 0 Å². The highest BCUT2D eigenvalue weighted by molar-refractivity contribution is 7.17. The Bertz CT molecular complexity index is 394. The average molecular weight is 194 g/mol. The van der Waals surface area contributed by atoms with Gasteiger partial charge in [-0.2, -0.15) is 0 Å². The zero-order valence-corrected chi connectivity index (χ0v) is 7.88. The molecule has 68 valence electrons. The van der Waals surface area contributed by atoms with Gasteiger partial charge >= 0.3 is 0 Å². The lowest BCUT2D eigenvalue weighted by atomic mass is 10.2. The fraction of sp³-hybridized carbons (Fsp3) is 0.200. The molecule has 1 aromatic heterocycles. The standard InChI is InChI=1S/C10H10O2S/c11-4-5-12-9-1-2-10-8(7-9)3-6-13-10/h1-3,6-7,11H,4-5H2. The summed E-state index contributed by atoms with van der Waals surface area (Å²) in [7, 11) is 0. The SMILES string of the molecule is OCCOc1ccc2sccc2c1. The molecule has 0 saturated heterocycles. The van der Waals surface area contributed by atoms with Gasteiger partial charge in [0, 0.05) is 4.70 Å². The first-order valence-electron chi connectivity index (χ1n) is 4.11. The minimum Gasteiger partial charge on any atom is -0.491 e. The third-order valence-electron chi connectivity index (χ3n) is 1.78. The molecule has 0 atom stereocenters. The summed E-state index contributed by atoms with van der Waals surface area (Å²) in [4.78, 5) is 0. The zero-order chi connectivity index (χ0) is 9.10. The van der Waals surface area contributed by atoms with E-state index < -0.39 is 0 Å². The van der Waals surface area contributed by atoms with Crippen molar-refractivity contribution in [3.63, 3.8) is 0 Å². The number of ether oxygens (including phenoxy) is 1. The van der Waals surface area contributed by atoms with Gasteiger partial charge in [-0.05, 0) is 35.0 Å². The van der Waals surface area contributed by atoms with Crippen LogP contribution in [-0.2, 0) is 0 Å². The Balaban J connectivity index is 2.26. The average Bonchev–Trinajstić information content (AvgIpc) is 2.61. The molecule has 2 rings (SSSR count). The van der Waals surface area contributed by atoms with E-state index in [0.717, 1.165) is 5.75 Å². The van der Waals surface area contributed by atoms with E-state index >= 15 is 0 Å². The van der Waals surface area contributed by atoms with Crippen LogP contribution in [0.2, 0.25) is 0 Å². The van der Waals surface area contributed by atoms with Crippen LogP contribution in [0.15, 0.2) is 29.6 Å². The van der Waals surface area contributed by atoms with Crippen molar-refractivity contribution in [3.05, 3.63) is 29.6 Å². The maximum Gasteiger partial charge on any atom is 0.120 e. The Morgan fingerprint density at radius 2 is 2.23 bits per heavy atom. The second kappa shape index (κ2) is 3.77. The fourth-order valence-electron chi connectivity index (χ4n) is 1.20. The molecule has 0 saturated carbocycles. The maximum atomic E-state index is 8.58. The van der Waals surface area contributed by atoms with Gasteiger partial charge in [-0.3, -0.25) is 0 Å². The number of rotatable bonds is 3. The van der Waals surface area contributed by atoms with Crippen molar-refractivity contribution in [1.82, 2.24) is 0 Å². The Kier molecular flexibility index (Phi) is 2.47. The van der Waals surface area contributed by atoms with Gasteiger partial charge in [0.05, 0.1) is 6.61 Å². The highest BCUT2D eigenvalue weighted by Gasteiger charge is 1.97. The number of benzene rings is 1. The van der Waals surface area contributed by atoms with Crippen molar-refractivity contribution in [2.45, 2.75) is 0 Å². The van der Waals surface area contributed by atoms with Crippen LogP contribution in [0.3, 0.4) is 0 Å². The van der Waals surface area contributed by atoms with Crippen LogP contribution in [0.5, 0.6) is 5.75 Å². The van der Waals surface area contributed by atoms with Crippen molar-refractivity contribution in [2.75, 3.05) is 13.2 Å². The van der Waals surface area contributed by atoms with E-state index in [1.807, 2.05) is 18.2 Å². The smallest absolute Gasteiger partial charge is 0.120 e. The monoisotopic (exact) mass is 194 g/mol. The molecule has 0 unspecified atom stereocenters. The molecule has 13 heavy (non-hydrogen) atoms. The molecule has 0 bridgehead atoms. The molecule has 1 aromatic carbocycles. The molecular weight excluding hydrogens is 184 g/mol. The molecule has 0 aliphatic rings. The van der Waals surface area contributed by atoms with Gasteiger partial charge in [0.1, 0.15) is 12.4 Å². The Morgan fingerprint density at radius 1 is 1.31 bits per heavy atom. The topological polar surface area (TPSA) is 29.5 Å². The van der Waals surface area contributed by atoms with E-state index in [0.29, 0.717) is 6.61 Å². The van der Waals surface area contributed by atoms with Crippen LogP contribution >= 0.6 is 11.3 Å². The predicted octanol–water partition coefficient (Wildman–Crippen LogP) is 2.27. The molecule has 0 radical (unpaired) electrons. The Labute approximate surface area is 80.4 Å². The van der Waals surface area contributed by atoms with Crippen molar-refractivity contribution >= 4 is 21.4 Å². The van der Waals surface area contributed by atoms with E-state index in [4.69, 9.17) is 9.84 Å². The minimum atomic E-state index is 0.0572. The van der Waals surface area contributed by atoms with E-state index in [2.05, 4.69) is 11.4 Å². The predicted molar refractivity (Wildman–Crippen MR) is 54.4 cm³/mol. The molecule has 0 aliphatic heterocycles. The Hall–Kier alpha value is -1.06. The zero-order valence-electron chi connectivity index (χ0n) is 7.06. The molecule has 2 nitrogen and oxygen atoms in total. The number of thiophene rings is 1. The molecule has 1 heterocycles. The van der Waals surface area contributed by atoms with Crippen LogP contribution in [-0.4, -0.2) is 18.3 Å². The number of hydrogen-bond donors (Lipinski definition) is 1.